The fourth-order valence-electron chi connectivity index (χ4n) is 1.52. The Morgan fingerprint density at radius 1 is 1.29 bits per heavy atom. The molecule has 0 N–H and O–H groups in total. The van der Waals surface area contributed by atoms with E-state index in [1.807, 2.05) is 12.2 Å². The van der Waals surface area contributed by atoms with Crippen LogP contribution in [0.25, 0.3) is 0 Å². The van der Waals surface area contributed by atoms with Gasteiger partial charge in [0.25, 0.3) is 0 Å². The Balaban J connectivity index is 4.38. The van der Waals surface area contributed by atoms with Gasteiger partial charge in [-0.25, -0.2) is 4.79 Å². The summed E-state index contributed by atoms with van der Waals surface area (Å²) in [6.45, 7) is 17.3. The number of carbonyl (C=O) groups excluding carboxylic acids is 1. The number of rotatable bonds is 7. The lowest BCUT2D eigenvalue weighted by molar-refractivity contribution is -0.138. The van der Waals surface area contributed by atoms with Crippen molar-refractivity contribution in [3.05, 3.63) is 23.8 Å². The molecule has 0 bridgehead atoms. The fourth-order valence-corrected chi connectivity index (χ4v) is 2.98. The van der Waals surface area contributed by atoms with Crippen LogP contribution < -0.4 is 0 Å². The van der Waals surface area contributed by atoms with Crippen LogP contribution in [0.15, 0.2) is 23.8 Å². The van der Waals surface area contributed by atoms with Gasteiger partial charge in [0.2, 0.25) is 0 Å². The standard InChI is InChI=1S/C17H32O3Si/c1-9-19-16(18)14(2)12-10-11-13-15(3)20-21(7,8)17(4,5)6/h10-12,15H,9,13H2,1-8H3/b11-10+,14-12+/t15-/m0/s1. The summed E-state index contributed by atoms with van der Waals surface area (Å²) in [4.78, 5) is 11.4. The molecule has 3 nitrogen and oxygen atoms in total. The molecule has 0 fully saturated rings. The molecule has 0 radical (unpaired) electrons. The Hall–Kier alpha value is -0.873. The molecule has 0 aromatic carbocycles. The predicted molar refractivity (Wildman–Crippen MR) is 91.9 cm³/mol. The van der Waals surface area contributed by atoms with Crippen LogP contribution in [0, 0.1) is 0 Å². The minimum absolute atomic E-state index is 0.193. The second kappa shape index (κ2) is 8.54. The normalized spacial score (nSPS) is 15.3. The number of hydrogen-bond acceptors (Lipinski definition) is 3. The molecule has 21 heavy (non-hydrogen) atoms. The summed E-state index contributed by atoms with van der Waals surface area (Å²) >= 11 is 0. The molecule has 0 saturated heterocycles. The predicted octanol–water partition coefficient (Wildman–Crippen LogP) is 4.85. The zero-order chi connectivity index (χ0) is 16.7. The van der Waals surface area contributed by atoms with Crippen molar-refractivity contribution in [1.82, 2.24) is 0 Å². The number of allylic oxidation sites excluding steroid dienone is 2. The molecule has 0 aliphatic heterocycles. The van der Waals surface area contributed by atoms with Gasteiger partial charge in [0.1, 0.15) is 0 Å². The zero-order valence-corrected chi connectivity index (χ0v) is 15.9. The summed E-state index contributed by atoms with van der Waals surface area (Å²) in [5, 5.41) is 0.228. The van der Waals surface area contributed by atoms with Crippen molar-refractivity contribution in [2.24, 2.45) is 0 Å². The molecule has 1 atom stereocenters. The minimum Gasteiger partial charge on any atom is -0.463 e. The maximum absolute atomic E-state index is 11.4. The first-order valence-electron chi connectivity index (χ1n) is 7.69. The van der Waals surface area contributed by atoms with E-state index in [2.05, 4.69) is 40.8 Å². The largest absolute Gasteiger partial charge is 0.463 e. The maximum atomic E-state index is 11.4. The van der Waals surface area contributed by atoms with Gasteiger partial charge in [-0.3, -0.25) is 0 Å². The molecule has 0 aliphatic rings. The van der Waals surface area contributed by atoms with Crippen LogP contribution >= 0.6 is 0 Å². The van der Waals surface area contributed by atoms with Gasteiger partial charge >= 0.3 is 5.97 Å². The van der Waals surface area contributed by atoms with E-state index in [0.29, 0.717) is 12.2 Å². The van der Waals surface area contributed by atoms with Gasteiger partial charge in [-0.15, -0.1) is 0 Å². The van der Waals surface area contributed by atoms with E-state index in [9.17, 15) is 4.79 Å². The minimum atomic E-state index is -1.70. The van der Waals surface area contributed by atoms with E-state index in [0.717, 1.165) is 6.42 Å². The van der Waals surface area contributed by atoms with Crippen molar-refractivity contribution in [2.75, 3.05) is 6.61 Å². The van der Waals surface area contributed by atoms with E-state index in [1.165, 1.54) is 0 Å². The Morgan fingerprint density at radius 3 is 2.33 bits per heavy atom. The van der Waals surface area contributed by atoms with Crippen LogP contribution in [0.4, 0.5) is 0 Å². The summed E-state index contributed by atoms with van der Waals surface area (Å²) < 4.78 is 11.2. The summed E-state index contributed by atoms with van der Waals surface area (Å²) in [7, 11) is -1.70. The molecular formula is C17H32O3Si. The lowest BCUT2D eigenvalue weighted by Crippen LogP contribution is -2.43. The van der Waals surface area contributed by atoms with Gasteiger partial charge in [-0.1, -0.05) is 39.0 Å². The summed E-state index contributed by atoms with van der Waals surface area (Å²) in [5.74, 6) is -0.257. The smallest absolute Gasteiger partial charge is 0.333 e. The lowest BCUT2D eigenvalue weighted by atomic mass is 10.2. The van der Waals surface area contributed by atoms with E-state index < -0.39 is 8.32 Å². The average Bonchev–Trinajstić information content (AvgIpc) is 2.32. The van der Waals surface area contributed by atoms with Crippen molar-refractivity contribution in [3.8, 4) is 0 Å². The highest BCUT2D eigenvalue weighted by molar-refractivity contribution is 6.74. The molecular weight excluding hydrogens is 280 g/mol. The molecule has 122 valence electrons. The first-order chi connectivity index (χ1) is 9.51. The van der Waals surface area contributed by atoms with Crippen LogP contribution in [-0.2, 0) is 14.0 Å². The topological polar surface area (TPSA) is 35.5 Å². The highest BCUT2D eigenvalue weighted by atomic mass is 28.4. The van der Waals surface area contributed by atoms with E-state index >= 15 is 0 Å². The van der Waals surface area contributed by atoms with Crippen molar-refractivity contribution < 1.29 is 14.0 Å². The molecule has 0 unspecified atom stereocenters. The Kier molecular flexibility index (Phi) is 8.19. The van der Waals surface area contributed by atoms with Crippen molar-refractivity contribution >= 4 is 14.3 Å². The third-order valence-electron chi connectivity index (χ3n) is 3.85. The fraction of sp³-hybridized carbons (Fsp3) is 0.706. The summed E-state index contributed by atoms with van der Waals surface area (Å²) in [5.41, 5.74) is 0.617. The lowest BCUT2D eigenvalue weighted by Gasteiger charge is -2.38. The molecule has 0 aromatic rings. The monoisotopic (exact) mass is 312 g/mol. The highest BCUT2D eigenvalue weighted by Crippen LogP contribution is 2.37. The zero-order valence-electron chi connectivity index (χ0n) is 14.9. The summed E-state index contributed by atoms with van der Waals surface area (Å²) in [6, 6.07) is 0. The van der Waals surface area contributed by atoms with Gasteiger partial charge in [0, 0.05) is 11.7 Å². The molecule has 0 aliphatic carbocycles. The third kappa shape index (κ3) is 7.62. The van der Waals surface area contributed by atoms with E-state index in [4.69, 9.17) is 9.16 Å². The average molecular weight is 313 g/mol. The molecule has 0 saturated carbocycles. The number of carbonyl (C=O) groups is 1. The molecule has 4 heteroatoms. The molecule has 0 spiro atoms. The van der Waals surface area contributed by atoms with E-state index in [1.54, 1.807) is 19.9 Å². The first-order valence-corrected chi connectivity index (χ1v) is 10.6. The Bertz CT molecular complexity index is 389. The van der Waals surface area contributed by atoms with Crippen molar-refractivity contribution in [1.29, 1.82) is 0 Å². The van der Waals surface area contributed by atoms with Crippen molar-refractivity contribution in [3.63, 3.8) is 0 Å². The van der Waals surface area contributed by atoms with Gasteiger partial charge < -0.3 is 9.16 Å². The van der Waals surface area contributed by atoms with Crippen LogP contribution in [0.3, 0.4) is 0 Å². The number of ether oxygens (including phenoxy) is 1. The maximum Gasteiger partial charge on any atom is 0.333 e. The molecule has 0 aromatic heterocycles. The number of esters is 1. The second-order valence-corrected chi connectivity index (χ2v) is 11.7. The quantitative estimate of drug-likeness (QED) is 0.292. The number of hydrogen-bond donors (Lipinski definition) is 0. The van der Waals surface area contributed by atoms with Crippen LogP contribution in [0.1, 0.15) is 48.0 Å². The molecule has 0 heterocycles. The van der Waals surface area contributed by atoms with E-state index in [-0.39, 0.29) is 17.1 Å². The summed E-state index contributed by atoms with van der Waals surface area (Å²) in [6.07, 6.45) is 6.77. The molecule has 0 amide bonds. The highest BCUT2D eigenvalue weighted by Gasteiger charge is 2.38. The van der Waals surface area contributed by atoms with Crippen LogP contribution in [0.2, 0.25) is 18.1 Å². The Morgan fingerprint density at radius 2 is 1.86 bits per heavy atom. The SMILES string of the molecule is CCOC(=O)/C(C)=C/C=C/C[C@H](C)O[Si](C)(C)C(C)(C)C. The second-order valence-electron chi connectivity index (χ2n) is 6.92. The van der Waals surface area contributed by atoms with Gasteiger partial charge in [0.15, 0.2) is 8.32 Å². The molecule has 0 rings (SSSR count). The van der Waals surface area contributed by atoms with Crippen molar-refractivity contribution in [2.45, 2.75) is 72.2 Å². The van der Waals surface area contributed by atoms with Gasteiger partial charge in [0.05, 0.1) is 6.61 Å². The van der Waals surface area contributed by atoms with Gasteiger partial charge in [-0.05, 0) is 45.3 Å². The first kappa shape index (κ1) is 20.1. The van der Waals surface area contributed by atoms with Crippen LogP contribution in [0.5, 0.6) is 0 Å². The van der Waals surface area contributed by atoms with Gasteiger partial charge in [-0.2, -0.15) is 0 Å². The third-order valence-corrected chi connectivity index (χ3v) is 8.45. The van der Waals surface area contributed by atoms with Crippen LogP contribution in [-0.4, -0.2) is 27.0 Å². The Labute approximate surface area is 131 Å².